The zero-order chi connectivity index (χ0) is 22.4. The minimum Gasteiger partial charge on any atom is -0.379 e. The summed E-state index contributed by atoms with van der Waals surface area (Å²) in [4.78, 5) is 0.279. The van der Waals surface area contributed by atoms with Crippen LogP contribution in [0.3, 0.4) is 0 Å². The molecular weight excluding hydrogens is 444 g/mol. The third kappa shape index (κ3) is 5.87. The van der Waals surface area contributed by atoms with Crippen LogP contribution in [0.15, 0.2) is 34.3 Å². The van der Waals surface area contributed by atoms with E-state index in [0.29, 0.717) is 37.3 Å². The number of hydrogen-bond donors (Lipinski definition) is 2. The highest BCUT2D eigenvalue weighted by Gasteiger charge is 2.30. The van der Waals surface area contributed by atoms with Crippen molar-refractivity contribution < 1.29 is 13.2 Å². The molecule has 1 aromatic rings. The summed E-state index contributed by atoms with van der Waals surface area (Å²) in [6.07, 6.45) is 11.5. The Hall–Kier alpha value is -1.55. The Morgan fingerprint density at radius 3 is 2.41 bits per heavy atom. The number of nitrogens with one attached hydrogen (secondary N) is 2. The molecule has 2 aliphatic carbocycles. The number of hydrazone groups is 1. The van der Waals surface area contributed by atoms with Crippen molar-refractivity contribution in [2.24, 2.45) is 16.9 Å². The molecule has 1 saturated heterocycles. The minimum absolute atomic E-state index is 0.279. The lowest BCUT2D eigenvalue weighted by Crippen LogP contribution is -2.40. The molecule has 0 unspecified atom stereocenters. The number of benzene rings is 1. The van der Waals surface area contributed by atoms with E-state index in [4.69, 9.17) is 22.1 Å². The first-order chi connectivity index (χ1) is 15.5. The largest absolute Gasteiger partial charge is 0.379 e. The molecule has 0 radical (unpaired) electrons. The van der Waals surface area contributed by atoms with E-state index in [-0.39, 0.29) is 4.90 Å². The van der Waals surface area contributed by atoms with Crippen LogP contribution < -0.4 is 10.7 Å². The average molecular weight is 479 g/mol. The van der Waals surface area contributed by atoms with Gasteiger partial charge in [-0.15, -0.1) is 0 Å². The summed E-state index contributed by atoms with van der Waals surface area (Å²) in [5, 5.41) is 8.25. The summed E-state index contributed by atoms with van der Waals surface area (Å²) in [6, 6.07) is 6.70. The van der Waals surface area contributed by atoms with Gasteiger partial charge in [0.05, 0.1) is 18.1 Å². The zero-order valence-electron chi connectivity index (χ0n) is 18.6. The highest BCUT2D eigenvalue weighted by molar-refractivity contribution is 7.89. The lowest BCUT2D eigenvalue weighted by Gasteiger charge is -2.34. The molecule has 2 saturated carbocycles. The van der Waals surface area contributed by atoms with Crippen LogP contribution in [0.4, 0.5) is 5.69 Å². The third-order valence-corrected chi connectivity index (χ3v) is 8.97. The van der Waals surface area contributed by atoms with Crippen molar-refractivity contribution in [3.63, 3.8) is 0 Å². The topological polar surface area (TPSA) is 83.0 Å². The molecular formula is C23H34N4O3S2. The Bertz CT molecular complexity index is 906. The summed E-state index contributed by atoms with van der Waals surface area (Å²) >= 11 is 5.44. The van der Waals surface area contributed by atoms with E-state index in [2.05, 4.69) is 10.7 Å². The molecule has 3 fully saturated rings. The number of rotatable bonds is 5. The highest BCUT2D eigenvalue weighted by atomic mass is 32.2. The summed E-state index contributed by atoms with van der Waals surface area (Å²) in [7, 11) is -3.49. The van der Waals surface area contributed by atoms with E-state index in [1.54, 1.807) is 24.3 Å². The van der Waals surface area contributed by atoms with Crippen LogP contribution in [0, 0.1) is 11.8 Å². The van der Waals surface area contributed by atoms with Crippen LogP contribution in [0.25, 0.3) is 0 Å². The fourth-order valence-electron chi connectivity index (χ4n) is 5.13. The van der Waals surface area contributed by atoms with Crippen LogP contribution >= 0.6 is 12.2 Å². The van der Waals surface area contributed by atoms with Crippen molar-refractivity contribution in [1.82, 2.24) is 9.73 Å². The smallest absolute Gasteiger partial charge is 0.243 e. The first-order valence-electron chi connectivity index (χ1n) is 11.9. The second-order valence-electron chi connectivity index (χ2n) is 8.96. The molecule has 1 aromatic carbocycles. The Morgan fingerprint density at radius 1 is 1.00 bits per heavy atom. The van der Waals surface area contributed by atoms with Gasteiger partial charge in [0.15, 0.2) is 5.11 Å². The third-order valence-electron chi connectivity index (χ3n) is 6.87. The summed E-state index contributed by atoms with van der Waals surface area (Å²) < 4.78 is 32.2. The van der Waals surface area contributed by atoms with E-state index in [9.17, 15) is 8.42 Å². The van der Waals surface area contributed by atoms with E-state index in [0.717, 1.165) is 18.0 Å². The van der Waals surface area contributed by atoms with Crippen molar-refractivity contribution in [2.45, 2.75) is 62.7 Å². The lowest BCUT2D eigenvalue weighted by atomic mass is 9.72. The molecule has 32 heavy (non-hydrogen) atoms. The van der Waals surface area contributed by atoms with Gasteiger partial charge in [0.2, 0.25) is 10.0 Å². The molecule has 0 amide bonds. The number of ether oxygens (including phenoxy) is 1. The van der Waals surface area contributed by atoms with Gasteiger partial charge in [-0.3, -0.25) is 5.43 Å². The molecule has 0 aromatic heterocycles. The van der Waals surface area contributed by atoms with Crippen molar-refractivity contribution >= 4 is 38.8 Å². The fraction of sp³-hybridized carbons (Fsp3) is 0.652. The van der Waals surface area contributed by atoms with Gasteiger partial charge in [-0.05, 0) is 74.5 Å². The molecule has 0 bridgehead atoms. The van der Waals surface area contributed by atoms with Crippen LogP contribution in [0.2, 0.25) is 0 Å². The van der Waals surface area contributed by atoms with Gasteiger partial charge < -0.3 is 10.1 Å². The quantitative estimate of drug-likeness (QED) is 0.489. The summed E-state index contributed by atoms with van der Waals surface area (Å²) in [6.45, 7) is 1.64. The Morgan fingerprint density at radius 2 is 1.69 bits per heavy atom. The van der Waals surface area contributed by atoms with Gasteiger partial charge in [0.1, 0.15) is 0 Å². The number of hydrogen-bond acceptors (Lipinski definition) is 5. The van der Waals surface area contributed by atoms with Gasteiger partial charge in [-0.25, -0.2) is 8.42 Å². The maximum Gasteiger partial charge on any atom is 0.243 e. The molecule has 1 atom stereocenters. The Labute approximate surface area is 197 Å². The normalized spacial score (nSPS) is 24.9. The molecule has 7 nitrogen and oxygen atoms in total. The second kappa shape index (κ2) is 11.0. The molecule has 1 aliphatic heterocycles. The molecule has 176 valence electrons. The Kier molecular flexibility index (Phi) is 8.15. The van der Waals surface area contributed by atoms with Crippen LogP contribution in [-0.4, -0.2) is 49.9 Å². The zero-order valence-corrected chi connectivity index (χ0v) is 20.2. The van der Waals surface area contributed by atoms with Crippen LogP contribution in [0.1, 0.15) is 57.8 Å². The maximum absolute atomic E-state index is 12.8. The predicted molar refractivity (Wildman–Crippen MR) is 131 cm³/mol. The van der Waals surface area contributed by atoms with Crippen molar-refractivity contribution in [3.05, 3.63) is 24.3 Å². The van der Waals surface area contributed by atoms with Crippen LogP contribution in [-0.2, 0) is 14.8 Å². The highest BCUT2D eigenvalue weighted by Crippen LogP contribution is 2.36. The Balaban J connectivity index is 1.34. The second-order valence-corrected chi connectivity index (χ2v) is 11.3. The summed E-state index contributed by atoms with van der Waals surface area (Å²) in [5.74, 6) is 1.36. The number of thiocarbonyl (C=S) groups is 1. The summed E-state index contributed by atoms with van der Waals surface area (Å²) in [5.41, 5.74) is 5.03. The molecule has 2 N–H and O–H groups in total. The molecule has 1 heterocycles. The van der Waals surface area contributed by atoms with E-state index in [1.807, 2.05) is 0 Å². The van der Waals surface area contributed by atoms with Gasteiger partial charge >= 0.3 is 0 Å². The number of sulfonamides is 1. The van der Waals surface area contributed by atoms with Crippen molar-refractivity contribution in [3.8, 4) is 0 Å². The maximum atomic E-state index is 12.8. The first-order valence-corrected chi connectivity index (χ1v) is 13.7. The van der Waals surface area contributed by atoms with Gasteiger partial charge in [-0.1, -0.05) is 25.7 Å². The SMILES string of the molecule is O=S(=O)(c1ccc(NC(=S)N/N=C2\CCCC[C@@H]2C2CCCCC2)cc1)N1CCOCC1. The molecule has 3 aliphatic rings. The standard InChI is InChI=1S/C23H34N4O3S2/c28-32(29,27-14-16-30-17-15-27)20-12-10-19(11-13-20)24-23(31)26-25-22-9-5-4-8-21(22)18-6-2-1-3-7-18/h10-13,18,21H,1-9,14-17H2,(H2,24,26,31)/b25-22+/t21-/m1/s1. The first kappa shape index (κ1) is 23.6. The number of nitrogens with zero attached hydrogens (tertiary/aromatic N) is 2. The number of morpholine rings is 1. The van der Waals surface area contributed by atoms with E-state index >= 15 is 0 Å². The lowest BCUT2D eigenvalue weighted by molar-refractivity contribution is 0.0730. The predicted octanol–water partition coefficient (Wildman–Crippen LogP) is 4.12. The monoisotopic (exact) mass is 478 g/mol. The number of anilines is 1. The fourth-order valence-corrected chi connectivity index (χ4v) is 6.70. The van der Waals surface area contributed by atoms with Gasteiger partial charge in [0, 0.05) is 30.4 Å². The van der Waals surface area contributed by atoms with E-state index < -0.39 is 10.0 Å². The average Bonchev–Trinajstić information content (AvgIpc) is 2.84. The van der Waals surface area contributed by atoms with Crippen molar-refractivity contribution in [2.75, 3.05) is 31.6 Å². The molecule has 9 heteroatoms. The van der Waals surface area contributed by atoms with Crippen molar-refractivity contribution in [1.29, 1.82) is 0 Å². The van der Waals surface area contributed by atoms with Gasteiger partial charge in [-0.2, -0.15) is 9.41 Å². The molecule has 0 spiro atoms. The molecule has 4 rings (SSSR count). The van der Waals surface area contributed by atoms with E-state index in [1.165, 1.54) is 61.4 Å². The van der Waals surface area contributed by atoms with Crippen LogP contribution in [0.5, 0.6) is 0 Å². The van der Waals surface area contributed by atoms with Gasteiger partial charge in [0.25, 0.3) is 0 Å². The minimum atomic E-state index is -3.49.